The highest BCUT2D eigenvalue weighted by molar-refractivity contribution is 5.85. The maximum atomic E-state index is 12.8. The second kappa shape index (κ2) is 6.23. The molecule has 1 unspecified atom stereocenters. The van der Waals surface area contributed by atoms with Gasteiger partial charge in [0, 0.05) is 45.3 Å². The van der Waals surface area contributed by atoms with Crippen LogP contribution in [-0.2, 0) is 9.53 Å². The zero-order valence-electron chi connectivity index (χ0n) is 13.5. The molecule has 5 heteroatoms. The van der Waals surface area contributed by atoms with E-state index < -0.39 is 5.60 Å². The SMILES string of the molecule is CN1CCOC(C)(C(=O)N2CCN(C3CCCC3)CC2)C1. The first kappa shape index (κ1) is 15.3. The van der Waals surface area contributed by atoms with Crippen LogP contribution in [0.25, 0.3) is 0 Å². The minimum Gasteiger partial charge on any atom is -0.363 e. The van der Waals surface area contributed by atoms with Crippen LogP contribution in [0.1, 0.15) is 32.6 Å². The third-order valence-electron chi connectivity index (χ3n) is 5.36. The Morgan fingerprint density at radius 3 is 2.38 bits per heavy atom. The van der Waals surface area contributed by atoms with Crippen LogP contribution in [0.3, 0.4) is 0 Å². The van der Waals surface area contributed by atoms with Gasteiger partial charge in [-0.3, -0.25) is 9.69 Å². The Morgan fingerprint density at radius 1 is 1.10 bits per heavy atom. The minimum atomic E-state index is -0.650. The molecule has 0 aromatic carbocycles. The second-order valence-corrected chi connectivity index (χ2v) is 7.08. The summed E-state index contributed by atoms with van der Waals surface area (Å²) in [6, 6.07) is 0.773. The molecule has 0 N–H and O–H groups in total. The van der Waals surface area contributed by atoms with E-state index in [0.29, 0.717) is 13.2 Å². The van der Waals surface area contributed by atoms with E-state index in [1.807, 2.05) is 11.8 Å². The number of hydrogen-bond donors (Lipinski definition) is 0. The van der Waals surface area contributed by atoms with Gasteiger partial charge in [-0.1, -0.05) is 12.8 Å². The van der Waals surface area contributed by atoms with Crippen molar-refractivity contribution in [2.24, 2.45) is 0 Å². The third kappa shape index (κ3) is 3.25. The number of carbonyl (C=O) groups is 1. The van der Waals surface area contributed by atoms with E-state index in [1.165, 1.54) is 25.7 Å². The van der Waals surface area contributed by atoms with Crippen molar-refractivity contribution in [2.45, 2.75) is 44.2 Å². The highest BCUT2D eigenvalue weighted by Gasteiger charge is 2.42. The van der Waals surface area contributed by atoms with Crippen LogP contribution in [0.2, 0.25) is 0 Å². The number of rotatable bonds is 2. The Hall–Kier alpha value is -0.650. The van der Waals surface area contributed by atoms with Crippen LogP contribution in [0, 0.1) is 0 Å². The highest BCUT2D eigenvalue weighted by atomic mass is 16.5. The number of likely N-dealkylation sites (N-methyl/N-ethyl adjacent to an activating group) is 1. The molecule has 3 fully saturated rings. The van der Waals surface area contributed by atoms with Gasteiger partial charge in [-0.15, -0.1) is 0 Å². The number of ether oxygens (including phenoxy) is 1. The number of carbonyl (C=O) groups excluding carboxylic acids is 1. The maximum absolute atomic E-state index is 12.8. The van der Waals surface area contributed by atoms with Crippen LogP contribution < -0.4 is 0 Å². The molecule has 0 bridgehead atoms. The van der Waals surface area contributed by atoms with Crippen molar-refractivity contribution in [1.29, 1.82) is 0 Å². The lowest BCUT2D eigenvalue weighted by molar-refractivity contribution is -0.168. The summed E-state index contributed by atoms with van der Waals surface area (Å²) >= 11 is 0. The molecule has 1 atom stereocenters. The fourth-order valence-corrected chi connectivity index (χ4v) is 4.09. The van der Waals surface area contributed by atoms with E-state index in [2.05, 4.69) is 16.8 Å². The lowest BCUT2D eigenvalue weighted by atomic mass is 10.0. The van der Waals surface area contributed by atoms with Crippen molar-refractivity contribution < 1.29 is 9.53 Å². The number of nitrogens with zero attached hydrogens (tertiary/aromatic N) is 3. The van der Waals surface area contributed by atoms with Crippen molar-refractivity contribution in [3.8, 4) is 0 Å². The molecule has 3 rings (SSSR count). The van der Waals surface area contributed by atoms with E-state index in [4.69, 9.17) is 4.74 Å². The first-order valence-corrected chi connectivity index (χ1v) is 8.44. The molecule has 2 saturated heterocycles. The van der Waals surface area contributed by atoms with E-state index in [1.54, 1.807) is 0 Å². The molecular formula is C16H29N3O2. The Kier molecular flexibility index (Phi) is 4.52. The third-order valence-corrected chi connectivity index (χ3v) is 5.36. The van der Waals surface area contributed by atoms with Crippen LogP contribution in [-0.4, -0.2) is 85.2 Å². The maximum Gasteiger partial charge on any atom is 0.255 e. The van der Waals surface area contributed by atoms with Crippen LogP contribution in [0.4, 0.5) is 0 Å². The van der Waals surface area contributed by atoms with Gasteiger partial charge in [0.25, 0.3) is 5.91 Å². The summed E-state index contributed by atoms with van der Waals surface area (Å²) in [6.07, 6.45) is 5.45. The van der Waals surface area contributed by atoms with Crippen LogP contribution in [0.15, 0.2) is 0 Å². The summed E-state index contributed by atoms with van der Waals surface area (Å²) in [5.41, 5.74) is -0.650. The highest BCUT2D eigenvalue weighted by Crippen LogP contribution is 2.25. The number of piperazine rings is 1. The summed E-state index contributed by atoms with van der Waals surface area (Å²) in [6.45, 7) is 8.00. The molecule has 5 nitrogen and oxygen atoms in total. The van der Waals surface area contributed by atoms with Crippen molar-refractivity contribution in [2.75, 3.05) is 52.9 Å². The summed E-state index contributed by atoms with van der Waals surface area (Å²) in [5, 5.41) is 0. The number of amides is 1. The van der Waals surface area contributed by atoms with Crippen molar-refractivity contribution in [3.63, 3.8) is 0 Å². The molecule has 120 valence electrons. The molecule has 2 aliphatic heterocycles. The topological polar surface area (TPSA) is 36.0 Å². The van der Waals surface area contributed by atoms with Crippen molar-refractivity contribution in [3.05, 3.63) is 0 Å². The predicted octanol–water partition coefficient (Wildman–Crippen LogP) is 0.794. The molecular weight excluding hydrogens is 266 g/mol. The minimum absolute atomic E-state index is 0.181. The van der Waals surface area contributed by atoms with Gasteiger partial charge in [-0.05, 0) is 26.8 Å². The van der Waals surface area contributed by atoms with Crippen molar-refractivity contribution >= 4 is 5.91 Å². The van der Waals surface area contributed by atoms with Crippen LogP contribution in [0.5, 0.6) is 0 Å². The van der Waals surface area contributed by atoms with E-state index in [0.717, 1.165) is 38.8 Å². The Bertz CT molecular complexity index is 376. The standard InChI is InChI=1S/C16H29N3O2/c1-16(13-17(2)11-12-21-16)15(20)19-9-7-18(8-10-19)14-5-3-4-6-14/h14H,3-13H2,1-2H3. The molecule has 2 heterocycles. The second-order valence-electron chi connectivity index (χ2n) is 7.08. The Labute approximate surface area is 128 Å². The molecule has 0 radical (unpaired) electrons. The number of morpholine rings is 1. The first-order chi connectivity index (χ1) is 10.1. The zero-order chi connectivity index (χ0) is 14.9. The van der Waals surface area contributed by atoms with Gasteiger partial charge in [-0.2, -0.15) is 0 Å². The molecule has 21 heavy (non-hydrogen) atoms. The Morgan fingerprint density at radius 2 is 1.76 bits per heavy atom. The number of hydrogen-bond acceptors (Lipinski definition) is 4. The fourth-order valence-electron chi connectivity index (χ4n) is 4.09. The molecule has 1 amide bonds. The van der Waals surface area contributed by atoms with E-state index in [-0.39, 0.29) is 5.91 Å². The molecule has 0 aromatic rings. The van der Waals surface area contributed by atoms with Gasteiger partial charge in [0.2, 0.25) is 0 Å². The van der Waals surface area contributed by atoms with E-state index in [9.17, 15) is 4.79 Å². The van der Waals surface area contributed by atoms with Gasteiger partial charge >= 0.3 is 0 Å². The summed E-state index contributed by atoms with van der Waals surface area (Å²) in [5.74, 6) is 0.181. The van der Waals surface area contributed by atoms with E-state index >= 15 is 0 Å². The van der Waals surface area contributed by atoms with Crippen LogP contribution >= 0.6 is 0 Å². The fraction of sp³-hybridized carbons (Fsp3) is 0.938. The summed E-state index contributed by atoms with van der Waals surface area (Å²) in [4.78, 5) is 19.6. The largest absolute Gasteiger partial charge is 0.363 e. The molecule has 3 aliphatic rings. The molecule has 1 aliphatic carbocycles. The normalized spacial score (nSPS) is 33.5. The van der Waals surface area contributed by atoms with Gasteiger partial charge < -0.3 is 14.5 Å². The van der Waals surface area contributed by atoms with Crippen molar-refractivity contribution in [1.82, 2.24) is 14.7 Å². The zero-order valence-corrected chi connectivity index (χ0v) is 13.5. The first-order valence-electron chi connectivity index (χ1n) is 8.44. The quantitative estimate of drug-likeness (QED) is 0.755. The lowest BCUT2D eigenvalue weighted by Crippen LogP contribution is -2.61. The van der Waals surface area contributed by atoms with Gasteiger partial charge in [-0.25, -0.2) is 0 Å². The van der Waals surface area contributed by atoms with Gasteiger partial charge in [0.05, 0.1) is 6.61 Å². The smallest absolute Gasteiger partial charge is 0.255 e. The predicted molar refractivity (Wildman–Crippen MR) is 82.3 cm³/mol. The monoisotopic (exact) mass is 295 g/mol. The molecule has 0 aromatic heterocycles. The molecule has 1 saturated carbocycles. The average Bonchev–Trinajstić information content (AvgIpc) is 3.00. The summed E-state index contributed by atoms with van der Waals surface area (Å²) < 4.78 is 5.83. The Balaban J connectivity index is 1.54. The summed E-state index contributed by atoms with van der Waals surface area (Å²) in [7, 11) is 2.06. The molecule has 0 spiro atoms. The van der Waals surface area contributed by atoms with Gasteiger partial charge in [0.15, 0.2) is 5.60 Å². The van der Waals surface area contributed by atoms with Gasteiger partial charge in [0.1, 0.15) is 0 Å². The lowest BCUT2D eigenvalue weighted by Gasteiger charge is -2.44. The average molecular weight is 295 g/mol.